The number of anilines is 2. The lowest BCUT2D eigenvalue weighted by Gasteiger charge is -2.14. The van der Waals surface area contributed by atoms with Crippen molar-refractivity contribution >= 4 is 51.3 Å². The number of rotatable bonds is 3. The quantitative estimate of drug-likeness (QED) is 0.447. The van der Waals surface area contributed by atoms with Gasteiger partial charge in [-0.3, -0.25) is 10.9 Å². The zero-order chi connectivity index (χ0) is 18.0. The van der Waals surface area contributed by atoms with E-state index < -0.39 is 5.82 Å². The minimum absolute atomic E-state index is 0.0306. The minimum atomic E-state index is -0.476. The number of pyridine rings is 1. The lowest BCUT2D eigenvalue weighted by molar-refractivity contribution is 0.628. The summed E-state index contributed by atoms with van der Waals surface area (Å²) in [6.07, 6.45) is 0. The van der Waals surface area contributed by atoms with Gasteiger partial charge in [0.05, 0.1) is 10.5 Å². The maximum absolute atomic E-state index is 13.2. The Bertz CT molecular complexity index is 961. The highest BCUT2D eigenvalue weighted by Gasteiger charge is 2.06. The fourth-order valence-electron chi connectivity index (χ4n) is 2.48. The molecular weight excluding hydrogens is 359 g/mol. The van der Waals surface area contributed by atoms with Crippen molar-refractivity contribution < 1.29 is 4.39 Å². The first-order valence-electron chi connectivity index (χ1n) is 7.59. The predicted molar refractivity (Wildman–Crippen MR) is 106 cm³/mol. The summed E-state index contributed by atoms with van der Waals surface area (Å²) in [4.78, 5) is 4.61. The second kappa shape index (κ2) is 7.21. The van der Waals surface area contributed by atoms with Crippen LogP contribution in [0.15, 0.2) is 42.5 Å². The highest BCUT2D eigenvalue weighted by molar-refractivity contribution is 7.80. The van der Waals surface area contributed by atoms with Gasteiger partial charge < -0.3 is 5.32 Å². The number of para-hydroxylation sites is 1. The molecule has 25 heavy (non-hydrogen) atoms. The number of thiocarbonyl (C=S) groups is 1. The maximum atomic E-state index is 13.2. The van der Waals surface area contributed by atoms with Crippen molar-refractivity contribution in [1.82, 2.24) is 10.4 Å². The van der Waals surface area contributed by atoms with Crippen LogP contribution >= 0.6 is 23.8 Å². The summed E-state index contributed by atoms with van der Waals surface area (Å²) < 4.78 is 13.2. The van der Waals surface area contributed by atoms with E-state index in [1.165, 1.54) is 12.1 Å². The summed E-state index contributed by atoms with van der Waals surface area (Å²) in [5.74, 6) is 0.177. The predicted octanol–water partition coefficient (Wildman–Crippen LogP) is 4.96. The zero-order valence-corrected chi connectivity index (χ0v) is 15.2. The Labute approximate surface area is 155 Å². The van der Waals surface area contributed by atoms with Gasteiger partial charge in [0.15, 0.2) is 5.11 Å². The fraction of sp³-hybridized carbons (Fsp3) is 0.111. The lowest BCUT2D eigenvalue weighted by atomic mass is 10.1. The molecule has 0 saturated carbocycles. The molecule has 3 rings (SSSR count). The number of hydrazine groups is 1. The third-order valence-electron chi connectivity index (χ3n) is 3.73. The minimum Gasteiger partial charge on any atom is -0.331 e. The Morgan fingerprint density at radius 2 is 1.92 bits per heavy atom. The van der Waals surface area contributed by atoms with Crippen molar-refractivity contribution in [2.45, 2.75) is 13.8 Å². The van der Waals surface area contributed by atoms with E-state index in [-0.39, 0.29) is 5.02 Å². The van der Waals surface area contributed by atoms with Gasteiger partial charge in [0, 0.05) is 11.1 Å². The molecule has 3 N–H and O–H groups in total. The number of aromatic nitrogens is 1. The second-order valence-electron chi connectivity index (χ2n) is 5.63. The highest BCUT2D eigenvalue weighted by atomic mass is 35.5. The molecule has 0 aliphatic heterocycles. The smallest absolute Gasteiger partial charge is 0.189 e. The number of nitrogens with zero attached hydrogens (tertiary/aromatic N) is 1. The first-order chi connectivity index (χ1) is 11.9. The van der Waals surface area contributed by atoms with E-state index in [9.17, 15) is 4.39 Å². The first kappa shape index (κ1) is 17.4. The van der Waals surface area contributed by atoms with Gasteiger partial charge in [-0.1, -0.05) is 29.8 Å². The van der Waals surface area contributed by atoms with Gasteiger partial charge in [-0.05, 0) is 61.5 Å². The van der Waals surface area contributed by atoms with Crippen LogP contribution in [0.4, 0.5) is 15.9 Å². The van der Waals surface area contributed by atoms with Crippen LogP contribution in [0.2, 0.25) is 5.02 Å². The zero-order valence-electron chi connectivity index (χ0n) is 13.7. The summed E-state index contributed by atoms with van der Waals surface area (Å²) in [6, 6.07) is 12.3. The van der Waals surface area contributed by atoms with Gasteiger partial charge in [0.25, 0.3) is 0 Å². The topological polar surface area (TPSA) is 49.0 Å². The van der Waals surface area contributed by atoms with Crippen LogP contribution in [0.5, 0.6) is 0 Å². The number of benzene rings is 2. The molecule has 4 nitrogen and oxygen atoms in total. The molecule has 0 unspecified atom stereocenters. The van der Waals surface area contributed by atoms with E-state index in [1.54, 1.807) is 6.07 Å². The Morgan fingerprint density at radius 1 is 1.12 bits per heavy atom. The first-order valence-corrected chi connectivity index (χ1v) is 8.37. The summed E-state index contributed by atoms with van der Waals surface area (Å²) in [5.41, 5.74) is 9.59. The van der Waals surface area contributed by atoms with E-state index in [0.717, 1.165) is 22.0 Å². The van der Waals surface area contributed by atoms with Crippen molar-refractivity contribution in [2.24, 2.45) is 0 Å². The van der Waals surface area contributed by atoms with E-state index >= 15 is 0 Å². The molecule has 0 atom stereocenters. The third kappa shape index (κ3) is 3.97. The summed E-state index contributed by atoms with van der Waals surface area (Å²) in [6.45, 7) is 4.06. The Kier molecular flexibility index (Phi) is 5.01. The van der Waals surface area contributed by atoms with Crippen LogP contribution < -0.4 is 16.2 Å². The molecule has 0 amide bonds. The summed E-state index contributed by atoms with van der Waals surface area (Å²) in [5, 5.41) is 4.38. The molecule has 7 heteroatoms. The number of nitrogens with one attached hydrogen (secondary N) is 3. The average molecular weight is 375 g/mol. The van der Waals surface area contributed by atoms with Crippen molar-refractivity contribution in [3.05, 3.63) is 64.4 Å². The van der Waals surface area contributed by atoms with Gasteiger partial charge in [-0.25, -0.2) is 9.37 Å². The number of fused-ring (bicyclic) bond motifs is 1. The molecule has 0 radical (unpaired) electrons. The SMILES string of the molecule is Cc1cc(NNC(=S)Nc2ccc(F)c(Cl)c2)nc2c(C)cccc12. The largest absolute Gasteiger partial charge is 0.331 e. The Hall–Kier alpha value is -2.44. The van der Waals surface area contributed by atoms with Gasteiger partial charge in [-0.15, -0.1) is 0 Å². The van der Waals surface area contributed by atoms with Crippen LogP contribution in [0, 0.1) is 19.7 Å². The highest BCUT2D eigenvalue weighted by Crippen LogP contribution is 2.22. The van der Waals surface area contributed by atoms with E-state index in [2.05, 4.69) is 21.2 Å². The molecule has 1 aromatic heterocycles. The Morgan fingerprint density at radius 3 is 2.68 bits per heavy atom. The molecule has 2 aromatic carbocycles. The van der Waals surface area contributed by atoms with Gasteiger partial charge >= 0.3 is 0 Å². The molecule has 0 saturated heterocycles. The van der Waals surface area contributed by atoms with Gasteiger partial charge in [0.1, 0.15) is 11.6 Å². The molecule has 0 aliphatic rings. The second-order valence-corrected chi connectivity index (χ2v) is 6.44. The van der Waals surface area contributed by atoms with Gasteiger partial charge in [0.2, 0.25) is 0 Å². The molecule has 128 valence electrons. The molecule has 1 heterocycles. The van der Waals surface area contributed by atoms with Crippen LogP contribution in [-0.2, 0) is 0 Å². The number of hydrogen-bond donors (Lipinski definition) is 3. The molecule has 0 spiro atoms. The molecule has 0 fully saturated rings. The summed E-state index contributed by atoms with van der Waals surface area (Å²) >= 11 is 11.0. The van der Waals surface area contributed by atoms with Crippen LogP contribution in [-0.4, -0.2) is 10.1 Å². The van der Waals surface area contributed by atoms with E-state index in [4.69, 9.17) is 23.8 Å². The monoisotopic (exact) mass is 374 g/mol. The Balaban J connectivity index is 1.70. The van der Waals surface area contributed by atoms with Crippen molar-refractivity contribution in [2.75, 3.05) is 10.7 Å². The van der Waals surface area contributed by atoms with Crippen molar-refractivity contribution in [3.8, 4) is 0 Å². The standard InChI is InChI=1S/C18H16ClFN4S/c1-10-4-3-5-13-11(2)8-16(22-17(10)13)23-24-18(25)21-12-6-7-15(20)14(19)9-12/h3-9H,1-2H3,(H,22,23)(H2,21,24,25). The molecule has 3 aromatic rings. The number of aryl methyl sites for hydroxylation is 2. The fourth-order valence-corrected chi connectivity index (χ4v) is 2.83. The van der Waals surface area contributed by atoms with E-state index in [0.29, 0.717) is 16.6 Å². The molecular formula is C18H16ClFN4S. The third-order valence-corrected chi connectivity index (χ3v) is 4.22. The van der Waals surface area contributed by atoms with Crippen LogP contribution in [0.25, 0.3) is 10.9 Å². The van der Waals surface area contributed by atoms with E-state index in [1.807, 2.05) is 38.1 Å². The van der Waals surface area contributed by atoms with Gasteiger partial charge in [-0.2, -0.15) is 0 Å². The summed E-state index contributed by atoms with van der Waals surface area (Å²) in [7, 11) is 0. The van der Waals surface area contributed by atoms with Crippen LogP contribution in [0.1, 0.15) is 11.1 Å². The maximum Gasteiger partial charge on any atom is 0.189 e. The normalized spacial score (nSPS) is 10.6. The van der Waals surface area contributed by atoms with Crippen molar-refractivity contribution in [1.29, 1.82) is 0 Å². The number of halogens is 2. The molecule has 0 aliphatic carbocycles. The lowest BCUT2D eigenvalue weighted by Crippen LogP contribution is -2.33. The van der Waals surface area contributed by atoms with Crippen molar-refractivity contribution in [3.63, 3.8) is 0 Å². The van der Waals surface area contributed by atoms with Crippen LogP contribution in [0.3, 0.4) is 0 Å². The average Bonchev–Trinajstić information content (AvgIpc) is 2.57. The molecule has 0 bridgehead atoms. The number of hydrogen-bond acceptors (Lipinski definition) is 3.